The van der Waals surface area contributed by atoms with Gasteiger partial charge in [-0.15, -0.1) is 12.4 Å². The van der Waals surface area contributed by atoms with Crippen molar-refractivity contribution in [2.45, 2.75) is 38.6 Å². The molecule has 3 N–H and O–H groups in total. The van der Waals surface area contributed by atoms with Gasteiger partial charge in [0.25, 0.3) is 0 Å². The monoisotopic (exact) mass is 338 g/mol. The van der Waals surface area contributed by atoms with Crippen LogP contribution in [0.2, 0.25) is 10.0 Å². The Kier molecular flexibility index (Phi) is 9.23. The molecule has 1 aromatic carbocycles. The van der Waals surface area contributed by atoms with Crippen LogP contribution in [0.1, 0.15) is 38.2 Å². The largest absolute Gasteiger partial charge is 0.356 e. The molecule has 2 atom stereocenters. The van der Waals surface area contributed by atoms with Gasteiger partial charge < -0.3 is 11.1 Å². The first-order chi connectivity index (χ1) is 8.91. The Hall–Kier alpha value is -0.480. The highest BCUT2D eigenvalue weighted by Crippen LogP contribution is 2.30. The van der Waals surface area contributed by atoms with Crippen LogP contribution in [0.25, 0.3) is 0 Å². The number of amides is 1. The molecule has 3 nitrogen and oxygen atoms in total. The van der Waals surface area contributed by atoms with E-state index in [1.165, 1.54) is 0 Å². The van der Waals surface area contributed by atoms with Crippen LogP contribution in [0.4, 0.5) is 0 Å². The Balaban J connectivity index is 0.00000361. The minimum atomic E-state index is 0. The number of benzene rings is 1. The van der Waals surface area contributed by atoms with Gasteiger partial charge in [0.2, 0.25) is 5.91 Å². The Morgan fingerprint density at radius 2 is 1.85 bits per heavy atom. The van der Waals surface area contributed by atoms with Crippen LogP contribution < -0.4 is 11.1 Å². The first-order valence-electron chi connectivity index (χ1n) is 6.38. The molecule has 0 heterocycles. The summed E-state index contributed by atoms with van der Waals surface area (Å²) in [4.78, 5) is 11.6. The molecule has 0 aromatic heterocycles. The van der Waals surface area contributed by atoms with Gasteiger partial charge in [0.05, 0.1) is 0 Å². The maximum Gasteiger partial charge on any atom is 0.220 e. The van der Waals surface area contributed by atoms with Crippen LogP contribution in [-0.4, -0.2) is 18.5 Å². The van der Waals surface area contributed by atoms with Crippen molar-refractivity contribution in [2.75, 3.05) is 6.54 Å². The Morgan fingerprint density at radius 3 is 2.35 bits per heavy atom. The second-order valence-corrected chi connectivity index (χ2v) is 5.67. The van der Waals surface area contributed by atoms with Crippen molar-refractivity contribution in [3.05, 3.63) is 33.8 Å². The van der Waals surface area contributed by atoms with E-state index in [1.807, 2.05) is 19.9 Å². The van der Waals surface area contributed by atoms with E-state index in [9.17, 15) is 4.79 Å². The summed E-state index contributed by atoms with van der Waals surface area (Å²) >= 11 is 12.3. The second-order valence-electron chi connectivity index (χ2n) is 4.86. The van der Waals surface area contributed by atoms with E-state index >= 15 is 0 Å². The number of nitrogens with one attached hydrogen (secondary N) is 1. The molecule has 0 fully saturated rings. The number of halogens is 3. The Labute approximate surface area is 136 Å². The summed E-state index contributed by atoms with van der Waals surface area (Å²) in [5.41, 5.74) is 6.49. The summed E-state index contributed by atoms with van der Waals surface area (Å²) in [5.74, 6) is 0.0766. The SMILES string of the molecule is CC(N)CCC(=O)NCC(C)c1c(Cl)cccc1Cl.Cl. The van der Waals surface area contributed by atoms with Gasteiger partial charge in [-0.1, -0.05) is 36.2 Å². The van der Waals surface area contributed by atoms with Gasteiger partial charge in [0, 0.05) is 35.0 Å². The smallest absolute Gasteiger partial charge is 0.220 e. The van der Waals surface area contributed by atoms with Crippen LogP contribution in [0.15, 0.2) is 18.2 Å². The lowest BCUT2D eigenvalue weighted by Crippen LogP contribution is -2.29. The average Bonchev–Trinajstić information content (AvgIpc) is 2.33. The molecule has 6 heteroatoms. The maximum absolute atomic E-state index is 11.6. The molecule has 1 amide bonds. The van der Waals surface area contributed by atoms with Gasteiger partial charge in [-0.3, -0.25) is 4.79 Å². The molecule has 0 saturated heterocycles. The predicted molar refractivity (Wildman–Crippen MR) is 88.0 cm³/mol. The van der Waals surface area contributed by atoms with Crippen LogP contribution in [0.3, 0.4) is 0 Å². The minimum absolute atomic E-state index is 0. The molecule has 0 aliphatic carbocycles. The van der Waals surface area contributed by atoms with Crippen molar-refractivity contribution in [3.63, 3.8) is 0 Å². The zero-order chi connectivity index (χ0) is 14.4. The molecule has 2 unspecified atom stereocenters. The van der Waals surface area contributed by atoms with Crippen molar-refractivity contribution < 1.29 is 4.79 Å². The van der Waals surface area contributed by atoms with Crippen molar-refractivity contribution in [1.29, 1.82) is 0 Å². The lowest BCUT2D eigenvalue weighted by Gasteiger charge is -2.16. The Morgan fingerprint density at radius 1 is 1.30 bits per heavy atom. The molecular weight excluding hydrogens is 319 g/mol. The third kappa shape index (κ3) is 6.31. The summed E-state index contributed by atoms with van der Waals surface area (Å²) in [5, 5.41) is 4.14. The fraction of sp³-hybridized carbons (Fsp3) is 0.500. The molecule has 114 valence electrons. The normalized spacial score (nSPS) is 13.2. The van der Waals surface area contributed by atoms with Gasteiger partial charge in [0.1, 0.15) is 0 Å². The van der Waals surface area contributed by atoms with Crippen LogP contribution >= 0.6 is 35.6 Å². The van der Waals surface area contributed by atoms with E-state index in [0.717, 1.165) is 5.56 Å². The third-order valence-electron chi connectivity index (χ3n) is 2.92. The molecule has 0 spiro atoms. The van der Waals surface area contributed by atoms with E-state index in [4.69, 9.17) is 28.9 Å². The number of hydrogen-bond donors (Lipinski definition) is 2. The zero-order valence-corrected chi connectivity index (χ0v) is 14.0. The van der Waals surface area contributed by atoms with Crippen molar-refractivity contribution in [2.24, 2.45) is 5.73 Å². The van der Waals surface area contributed by atoms with E-state index < -0.39 is 0 Å². The summed E-state index contributed by atoms with van der Waals surface area (Å²) < 4.78 is 0. The van der Waals surface area contributed by atoms with Crippen LogP contribution in [0, 0.1) is 0 Å². The lowest BCUT2D eigenvalue weighted by molar-refractivity contribution is -0.121. The van der Waals surface area contributed by atoms with E-state index in [1.54, 1.807) is 12.1 Å². The maximum atomic E-state index is 11.6. The van der Waals surface area contributed by atoms with Crippen LogP contribution in [0.5, 0.6) is 0 Å². The first-order valence-corrected chi connectivity index (χ1v) is 7.13. The highest BCUT2D eigenvalue weighted by atomic mass is 35.5. The summed E-state index contributed by atoms with van der Waals surface area (Å²) in [7, 11) is 0. The second kappa shape index (κ2) is 9.46. The number of carbonyl (C=O) groups is 1. The predicted octanol–water partition coefficient (Wildman–Crippen LogP) is 3.76. The van der Waals surface area contributed by atoms with Gasteiger partial charge >= 0.3 is 0 Å². The summed E-state index contributed by atoms with van der Waals surface area (Å²) in [6, 6.07) is 5.46. The molecule has 0 aliphatic heterocycles. The molecular formula is C14H21Cl3N2O. The van der Waals surface area contributed by atoms with E-state index in [2.05, 4.69) is 5.32 Å². The van der Waals surface area contributed by atoms with E-state index in [0.29, 0.717) is 29.4 Å². The summed E-state index contributed by atoms with van der Waals surface area (Å²) in [6.07, 6.45) is 1.13. The number of nitrogens with two attached hydrogens (primary N) is 1. The lowest BCUT2D eigenvalue weighted by atomic mass is 10.0. The van der Waals surface area contributed by atoms with Gasteiger partial charge in [-0.25, -0.2) is 0 Å². The molecule has 0 aliphatic rings. The molecule has 0 saturated carbocycles. The molecule has 1 rings (SSSR count). The van der Waals surface area contributed by atoms with Gasteiger partial charge in [0.15, 0.2) is 0 Å². The topological polar surface area (TPSA) is 55.1 Å². The number of carbonyl (C=O) groups excluding carboxylic acids is 1. The molecule has 1 aromatic rings. The van der Waals surface area contributed by atoms with Crippen molar-refractivity contribution in [1.82, 2.24) is 5.32 Å². The minimum Gasteiger partial charge on any atom is -0.356 e. The average molecular weight is 340 g/mol. The fourth-order valence-corrected chi connectivity index (χ4v) is 2.57. The van der Waals surface area contributed by atoms with E-state index in [-0.39, 0.29) is 30.3 Å². The zero-order valence-electron chi connectivity index (χ0n) is 11.7. The quantitative estimate of drug-likeness (QED) is 0.829. The number of hydrogen-bond acceptors (Lipinski definition) is 2. The van der Waals surface area contributed by atoms with Crippen molar-refractivity contribution >= 4 is 41.5 Å². The van der Waals surface area contributed by atoms with Gasteiger partial charge in [-0.05, 0) is 31.0 Å². The Bertz CT molecular complexity index is 418. The number of rotatable bonds is 6. The molecule has 0 bridgehead atoms. The third-order valence-corrected chi connectivity index (χ3v) is 3.58. The summed E-state index contributed by atoms with van der Waals surface area (Å²) in [6.45, 7) is 4.39. The standard InChI is InChI=1S/C14H20Cl2N2O.ClH/c1-9(8-18-13(19)7-6-10(2)17)14-11(15)4-3-5-12(14)16;/h3-5,9-10H,6-8,17H2,1-2H3,(H,18,19);1H. The fourth-order valence-electron chi connectivity index (χ4n) is 1.80. The molecule has 0 radical (unpaired) electrons. The van der Waals surface area contributed by atoms with Crippen molar-refractivity contribution in [3.8, 4) is 0 Å². The highest BCUT2D eigenvalue weighted by molar-refractivity contribution is 6.36. The van der Waals surface area contributed by atoms with Gasteiger partial charge in [-0.2, -0.15) is 0 Å². The molecule has 20 heavy (non-hydrogen) atoms. The highest BCUT2D eigenvalue weighted by Gasteiger charge is 2.14. The van der Waals surface area contributed by atoms with Crippen LogP contribution in [-0.2, 0) is 4.79 Å². The first kappa shape index (κ1) is 19.5.